The van der Waals surface area contributed by atoms with Crippen LogP contribution in [0.4, 0.5) is 0 Å². The molecule has 1 aliphatic rings. The Balaban J connectivity index is 2.02. The Morgan fingerprint density at radius 2 is 2.38 bits per heavy atom. The third kappa shape index (κ3) is 2.26. The van der Waals surface area contributed by atoms with E-state index in [1.165, 1.54) is 0 Å². The van der Waals surface area contributed by atoms with Gasteiger partial charge in [0.15, 0.2) is 5.82 Å². The number of hydrogen-bond acceptors (Lipinski definition) is 4. The van der Waals surface area contributed by atoms with Crippen molar-refractivity contribution in [2.24, 2.45) is 5.92 Å². The summed E-state index contributed by atoms with van der Waals surface area (Å²) < 4.78 is 5.17. The molecule has 1 aliphatic carbocycles. The lowest BCUT2D eigenvalue weighted by Gasteiger charge is -2.25. The lowest BCUT2D eigenvalue weighted by molar-refractivity contribution is 0.00291. The SMILES string of the molecule is CCCc1noc(C[C@]2(O)CCC[C@H]2C)n1. The van der Waals surface area contributed by atoms with Crippen LogP contribution in [-0.2, 0) is 12.8 Å². The second-order valence-electron chi connectivity index (χ2n) is 4.93. The molecule has 2 atom stereocenters. The summed E-state index contributed by atoms with van der Waals surface area (Å²) >= 11 is 0. The van der Waals surface area contributed by atoms with Gasteiger partial charge in [0.2, 0.25) is 5.89 Å². The van der Waals surface area contributed by atoms with E-state index in [0.717, 1.165) is 37.9 Å². The van der Waals surface area contributed by atoms with Crippen LogP contribution in [0.3, 0.4) is 0 Å². The van der Waals surface area contributed by atoms with Crippen LogP contribution in [0.25, 0.3) is 0 Å². The quantitative estimate of drug-likeness (QED) is 0.851. The number of aliphatic hydroxyl groups is 1. The molecule has 0 aliphatic heterocycles. The largest absolute Gasteiger partial charge is 0.389 e. The predicted octanol–water partition coefficient (Wildman–Crippen LogP) is 2.12. The third-order valence-electron chi connectivity index (χ3n) is 3.61. The van der Waals surface area contributed by atoms with E-state index in [-0.39, 0.29) is 0 Å². The summed E-state index contributed by atoms with van der Waals surface area (Å²) in [5.41, 5.74) is -0.629. The summed E-state index contributed by atoms with van der Waals surface area (Å²) in [6, 6.07) is 0. The van der Waals surface area contributed by atoms with Crippen molar-refractivity contribution < 1.29 is 9.63 Å². The molecule has 1 heterocycles. The zero-order valence-electron chi connectivity index (χ0n) is 10.1. The fourth-order valence-corrected chi connectivity index (χ4v) is 2.44. The molecular formula is C12H20N2O2. The van der Waals surface area contributed by atoms with E-state index in [0.29, 0.717) is 18.2 Å². The number of aryl methyl sites for hydroxylation is 1. The number of hydrogen-bond donors (Lipinski definition) is 1. The molecule has 0 spiro atoms. The van der Waals surface area contributed by atoms with E-state index in [1.807, 2.05) is 0 Å². The second-order valence-corrected chi connectivity index (χ2v) is 4.93. The highest BCUT2D eigenvalue weighted by atomic mass is 16.5. The highest BCUT2D eigenvalue weighted by Crippen LogP contribution is 2.37. The van der Waals surface area contributed by atoms with Gasteiger partial charge in [0.25, 0.3) is 0 Å². The number of aromatic nitrogens is 2. The zero-order chi connectivity index (χ0) is 11.6. The molecule has 0 aromatic carbocycles. The van der Waals surface area contributed by atoms with Crippen LogP contribution in [0.1, 0.15) is 51.2 Å². The fraction of sp³-hybridized carbons (Fsp3) is 0.833. The van der Waals surface area contributed by atoms with Crippen molar-refractivity contribution in [2.75, 3.05) is 0 Å². The van der Waals surface area contributed by atoms with Crippen LogP contribution in [0.5, 0.6) is 0 Å². The van der Waals surface area contributed by atoms with Gasteiger partial charge in [-0.25, -0.2) is 0 Å². The van der Waals surface area contributed by atoms with Gasteiger partial charge >= 0.3 is 0 Å². The van der Waals surface area contributed by atoms with Gasteiger partial charge in [0.05, 0.1) is 12.0 Å². The summed E-state index contributed by atoms with van der Waals surface area (Å²) in [5.74, 6) is 1.67. The van der Waals surface area contributed by atoms with Crippen molar-refractivity contribution in [3.05, 3.63) is 11.7 Å². The van der Waals surface area contributed by atoms with E-state index in [9.17, 15) is 5.11 Å². The fourth-order valence-electron chi connectivity index (χ4n) is 2.44. The first-order valence-electron chi connectivity index (χ1n) is 6.18. The van der Waals surface area contributed by atoms with Crippen molar-refractivity contribution in [3.63, 3.8) is 0 Å². The first-order valence-corrected chi connectivity index (χ1v) is 6.18. The monoisotopic (exact) mass is 224 g/mol. The smallest absolute Gasteiger partial charge is 0.229 e. The van der Waals surface area contributed by atoms with E-state index >= 15 is 0 Å². The normalized spacial score (nSPS) is 29.8. The maximum atomic E-state index is 10.4. The van der Waals surface area contributed by atoms with E-state index in [2.05, 4.69) is 24.0 Å². The van der Waals surface area contributed by atoms with Crippen molar-refractivity contribution >= 4 is 0 Å². The van der Waals surface area contributed by atoms with Crippen molar-refractivity contribution in [3.8, 4) is 0 Å². The van der Waals surface area contributed by atoms with Crippen LogP contribution in [0.2, 0.25) is 0 Å². The lowest BCUT2D eigenvalue weighted by Crippen LogP contribution is -2.34. The molecule has 4 nitrogen and oxygen atoms in total. The molecule has 0 unspecified atom stereocenters. The van der Waals surface area contributed by atoms with Gasteiger partial charge in [-0.05, 0) is 25.2 Å². The maximum Gasteiger partial charge on any atom is 0.229 e. The van der Waals surface area contributed by atoms with Gasteiger partial charge < -0.3 is 9.63 Å². The van der Waals surface area contributed by atoms with Crippen LogP contribution < -0.4 is 0 Å². The van der Waals surface area contributed by atoms with Crippen molar-refractivity contribution in [1.29, 1.82) is 0 Å². The summed E-state index contributed by atoms with van der Waals surface area (Å²) in [7, 11) is 0. The minimum Gasteiger partial charge on any atom is -0.389 e. The predicted molar refractivity (Wildman–Crippen MR) is 60.0 cm³/mol. The van der Waals surface area contributed by atoms with Crippen molar-refractivity contribution in [2.45, 2.75) is 58.0 Å². The molecular weight excluding hydrogens is 204 g/mol. The molecule has 4 heteroatoms. The van der Waals surface area contributed by atoms with Gasteiger partial charge in [-0.1, -0.05) is 25.4 Å². The summed E-state index contributed by atoms with van der Waals surface area (Å²) in [6.07, 6.45) is 5.39. The molecule has 1 aromatic rings. The standard InChI is InChI=1S/C12H20N2O2/c1-3-5-10-13-11(16-14-10)8-12(15)7-4-6-9(12)2/h9,15H,3-8H2,1-2H3/t9-,12-/m1/s1. The number of nitrogens with zero attached hydrogens (tertiary/aromatic N) is 2. The van der Waals surface area contributed by atoms with E-state index in [1.54, 1.807) is 0 Å². The molecule has 2 rings (SSSR count). The highest BCUT2D eigenvalue weighted by Gasteiger charge is 2.39. The lowest BCUT2D eigenvalue weighted by atomic mass is 9.89. The summed E-state index contributed by atoms with van der Waals surface area (Å²) in [5, 5.41) is 14.3. The van der Waals surface area contributed by atoms with Gasteiger partial charge in [-0.2, -0.15) is 4.98 Å². The Morgan fingerprint density at radius 3 is 3.00 bits per heavy atom. The van der Waals surface area contributed by atoms with Gasteiger partial charge in [0.1, 0.15) is 0 Å². The first-order chi connectivity index (χ1) is 7.64. The average molecular weight is 224 g/mol. The molecule has 0 radical (unpaired) electrons. The van der Waals surface area contributed by atoms with E-state index < -0.39 is 5.60 Å². The van der Waals surface area contributed by atoms with Crippen LogP contribution >= 0.6 is 0 Å². The minimum absolute atomic E-state index is 0.328. The van der Waals surface area contributed by atoms with Gasteiger partial charge in [-0.15, -0.1) is 0 Å². The molecule has 0 amide bonds. The van der Waals surface area contributed by atoms with Crippen molar-refractivity contribution in [1.82, 2.24) is 10.1 Å². The molecule has 1 N–H and O–H groups in total. The Labute approximate surface area is 96.1 Å². The van der Waals surface area contributed by atoms with Crippen LogP contribution in [-0.4, -0.2) is 20.8 Å². The summed E-state index contributed by atoms with van der Waals surface area (Å²) in [4.78, 5) is 4.31. The van der Waals surface area contributed by atoms with E-state index in [4.69, 9.17) is 4.52 Å². The molecule has 1 saturated carbocycles. The average Bonchev–Trinajstić information content (AvgIpc) is 2.77. The zero-order valence-corrected chi connectivity index (χ0v) is 10.1. The van der Waals surface area contributed by atoms with Crippen LogP contribution in [0, 0.1) is 5.92 Å². The summed E-state index contributed by atoms with van der Waals surface area (Å²) in [6.45, 7) is 4.18. The molecule has 90 valence electrons. The highest BCUT2D eigenvalue weighted by molar-refractivity contribution is 4.98. The topological polar surface area (TPSA) is 59.2 Å². The van der Waals surface area contributed by atoms with Gasteiger partial charge in [-0.3, -0.25) is 0 Å². The second kappa shape index (κ2) is 4.53. The van der Waals surface area contributed by atoms with Gasteiger partial charge in [0, 0.05) is 6.42 Å². The Hall–Kier alpha value is -0.900. The molecule has 1 aromatic heterocycles. The first kappa shape index (κ1) is 11.6. The Bertz CT molecular complexity index is 351. The molecule has 1 fully saturated rings. The van der Waals surface area contributed by atoms with Crippen LogP contribution in [0.15, 0.2) is 4.52 Å². The maximum absolute atomic E-state index is 10.4. The minimum atomic E-state index is -0.629. The Morgan fingerprint density at radius 1 is 1.56 bits per heavy atom. The molecule has 0 bridgehead atoms. The molecule has 0 saturated heterocycles. The Kier molecular flexibility index (Phi) is 3.28. The third-order valence-corrected chi connectivity index (χ3v) is 3.61. The molecule has 16 heavy (non-hydrogen) atoms. The number of rotatable bonds is 4.